The Balaban J connectivity index is 1.67. The molecule has 0 aliphatic heterocycles. The van der Waals surface area contributed by atoms with E-state index in [0.29, 0.717) is 38.3 Å². The van der Waals surface area contributed by atoms with E-state index in [2.05, 4.69) is 10.6 Å². The van der Waals surface area contributed by atoms with Crippen molar-refractivity contribution in [1.29, 1.82) is 0 Å². The highest BCUT2D eigenvalue weighted by Crippen LogP contribution is 2.30. The molecule has 0 aliphatic rings. The van der Waals surface area contributed by atoms with E-state index in [1.54, 1.807) is 18.2 Å². The highest BCUT2D eigenvalue weighted by molar-refractivity contribution is 6.42. The van der Waals surface area contributed by atoms with Crippen molar-refractivity contribution >= 4 is 74.8 Å². The van der Waals surface area contributed by atoms with Gasteiger partial charge in [-0.1, -0.05) is 64.6 Å². The monoisotopic (exact) mass is 462 g/mol. The van der Waals surface area contributed by atoms with Crippen LogP contribution in [0.5, 0.6) is 0 Å². The van der Waals surface area contributed by atoms with E-state index in [1.165, 1.54) is 0 Å². The van der Waals surface area contributed by atoms with Gasteiger partial charge < -0.3 is 10.6 Å². The molecule has 0 aliphatic carbocycles. The van der Waals surface area contributed by atoms with Crippen LogP contribution in [-0.2, 0) is 6.54 Å². The lowest BCUT2D eigenvalue weighted by Crippen LogP contribution is -2.07. The highest BCUT2D eigenvalue weighted by Gasteiger charge is 2.11. The highest BCUT2D eigenvalue weighted by atomic mass is 35.5. The summed E-state index contributed by atoms with van der Waals surface area (Å²) in [6.45, 7) is 0.500. The Morgan fingerprint density at radius 2 is 1.28 bits per heavy atom. The second kappa shape index (κ2) is 8.64. The number of hydrogen-bond acceptors (Lipinski definition) is 4. The van der Waals surface area contributed by atoms with Gasteiger partial charge in [-0.05, 0) is 48.0 Å². The molecule has 0 radical (unpaired) electrons. The Hall–Kier alpha value is -2.24. The summed E-state index contributed by atoms with van der Waals surface area (Å²) in [5.41, 5.74) is 3.27. The minimum absolute atomic E-state index is 0.454. The minimum atomic E-state index is 0.454. The molecule has 4 nitrogen and oxygen atoms in total. The van der Waals surface area contributed by atoms with Crippen molar-refractivity contribution in [2.75, 3.05) is 10.6 Å². The molecule has 0 atom stereocenters. The Morgan fingerprint density at radius 1 is 0.655 bits per heavy atom. The maximum absolute atomic E-state index is 6.14. The van der Waals surface area contributed by atoms with E-state index >= 15 is 0 Å². The molecule has 1 aromatic heterocycles. The molecule has 0 spiro atoms. The number of para-hydroxylation sites is 2. The van der Waals surface area contributed by atoms with Crippen molar-refractivity contribution in [3.05, 3.63) is 86.3 Å². The van der Waals surface area contributed by atoms with Crippen molar-refractivity contribution in [1.82, 2.24) is 9.97 Å². The zero-order valence-electron chi connectivity index (χ0n) is 14.9. The van der Waals surface area contributed by atoms with Gasteiger partial charge in [-0.3, -0.25) is 0 Å². The summed E-state index contributed by atoms with van der Waals surface area (Å²) in [6, 6.07) is 18.4. The van der Waals surface area contributed by atoms with Gasteiger partial charge in [0.05, 0.1) is 31.1 Å². The summed E-state index contributed by atoms with van der Waals surface area (Å²) in [7, 11) is 0. The van der Waals surface area contributed by atoms with Gasteiger partial charge in [-0.15, -0.1) is 0 Å². The Bertz CT molecular complexity index is 1200. The SMILES string of the molecule is Clc1ccc(CNc2nc3ccccc3nc2Nc2ccc(Cl)c(Cl)c2)cc1Cl. The molecule has 3 aromatic carbocycles. The molecule has 1 heterocycles. The first-order valence-corrected chi connectivity index (χ1v) is 10.2. The number of rotatable bonds is 5. The first-order valence-electron chi connectivity index (χ1n) is 8.66. The molecular formula is C21H14Cl4N4. The van der Waals surface area contributed by atoms with Crippen LogP contribution in [0.4, 0.5) is 17.3 Å². The summed E-state index contributed by atoms with van der Waals surface area (Å²) in [5.74, 6) is 1.17. The Labute approximate surface area is 187 Å². The summed E-state index contributed by atoms with van der Waals surface area (Å²) in [5, 5.41) is 8.54. The maximum Gasteiger partial charge on any atom is 0.174 e. The molecule has 4 aromatic rings. The zero-order valence-corrected chi connectivity index (χ0v) is 17.9. The van der Waals surface area contributed by atoms with Crippen LogP contribution in [0.1, 0.15) is 5.56 Å². The van der Waals surface area contributed by atoms with Crippen LogP contribution in [-0.4, -0.2) is 9.97 Å². The lowest BCUT2D eigenvalue weighted by atomic mass is 10.2. The fourth-order valence-electron chi connectivity index (χ4n) is 2.76. The summed E-state index contributed by atoms with van der Waals surface area (Å²) in [4.78, 5) is 9.42. The summed E-state index contributed by atoms with van der Waals surface area (Å²) in [6.07, 6.45) is 0. The first-order chi connectivity index (χ1) is 14.0. The van der Waals surface area contributed by atoms with E-state index in [4.69, 9.17) is 56.4 Å². The van der Waals surface area contributed by atoms with Gasteiger partial charge in [0.2, 0.25) is 0 Å². The third-order valence-corrected chi connectivity index (χ3v) is 5.67. The third kappa shape index (κ3) is 4.68. The molecule has 29 heavy (non-hydrogen) atoms. The average Bonchev–Trinajstić information content (AvgIpc) is 2.71. The number of fused-ring (bicyclic) bond motifs is 1. The van der Waals surface area contributed by atoms with Crippen molar-refractivity contribution in [2.24, 2.45) is 0 Å². The van der Waals surface area contributed by atoms with E-state index < -0.39 is 0 Å². The fourth-order valence-corrected chi connectivity index (χ4v) is 3.38. The maximum atomic E-state index is 6.14. The van der Waals surface area contributed by atoms with Crippen molar-refractivity contribution in [3.8, 4) is 0 Å². The number of anilines is 3. The Kier molecular flexibility index (Phi) is 5.97. The predicted molar refractivity (Wildman–Crippen MR) is 123 cm³/mol. The quantitative estimate of drug-likeness (QED) is 0.320. The van der Waals surface area contributed by atoms with Gasteiger partial charge in [-0.25, -0.2) is 9.97 Å². The molecule has 0 amide bonds. The molecule has 0 unspecified atom stereocenters. The molecular weight excluding hydrogens is 450 g/mol. The van der Waals surface area contributed by atoms with E-state index in [9.17, 15) is 0 Å². The minimum Gasteiger partial charge on any atom is -0.363 e. The average molecular weight is 464 g/mol. The van der Waals surface area contributed by atoms with Crippen LogP contribution in [0.3, 0.4) is 0 Å². The number of halogens is 4. The standard InChI is InChI=1S/C21H14Cl4N4/c22-14-7-5-12(9-16(14)24)11-26-20-21(27-13-6-8-15(23)17(25)10-13)29-19-4-2-1-3-18(19)28-20/h1-10H,11H2,(H,26,28)(H,27,29). The summed E-state index contributed by atoms with van der Waals surface area (Å²) >= 11 is 24.3. The molecule has 0 fully saturated rings. The number of hydrogen-bond donors (Lipinski definition) is 2. The molecule has 0 saturated carbocycles. The number of nitrogens with zero attached hydrogens (tertiary/aromatic N) is 2. The van der Waals surface area contributed by atoms with Crippen molar-refractivity contribution < 1.29 is 0 Å². The normalized spacial score (nSPS) is 10.9. The Morgan fingerprint density at radius 3 is 1.93 bits per heavy atom. The van der Waals surface area contributed by atoms with Crippen LogP contribution in [0, 0.1) is 0 Å². The lowest BCUT2D eigenvalue weighted by Gasteiger charge is -2.14. The van der Waals surface area contributed by atoms with E-state index in [0.717, 1.165) is 22.3 Å². The van der Waals surface area contributed by atoms with Crippen molar-refractivity contribution in [3.63, 3.8) is 0 Å². The lowest BCUT2D eigenvalue weighted by molar-refractivity contribution is 1.11. The molecule has 2 N–H and O–H groups in total. The van der Waals surface area contributed by atoms with Crippen LogP contribution in [0.2, 0.25) is 20.1 Å². The fraction of sp³-hybridized carbons (Fsp3) is 0.0476. The van der Waals surface area contributed by atoms with Crippen LogP contribution in [0.15, 0.2) is 60.7 Å². The second-order valence-corrected chi connectivity index (χ2v) is 7.89. The van der Waals surface area contributed by atoms with Crippen LogP contribution in [0.25, 0.3) is 11.0 Å². The van der Waals surface area contributed by atoms with Crippen LogP contribution >= 0.6 is 46.4 Å². The molecule has 0 bridgehead atoms. The van der Waals surface area contributed by atoms with Gasteiger partial charge in [0.25, 0.3) is 0 Å². The second-order valence-electron chi connectivity index (χ2n) is 6.27. The molecule has 146 valence electrons. The van der Waals surface area contributed by atoms with Gasteiger partial charge in [-0.2, -0.15) is 0 Å². The van der Waals surface area contributed by atoms with Crippen molar-refractivity contribution in [2.45, 2.75) is 6.54 Å². The van der Waals surface area contributed by atoms with E-state index in [1.807, 2.05) is 42.5 Å². The van der Waals surface area contributed by atoms with Gasteiger partial charge in [0.1, 0.15) is 0 Å². The number of aromatic nitrogens is 2. The first kappa shape index (κ1) is 20.0. The number of nitrogens with one attached hydrogen (secondary N) is 2. The van der Waals surface area contributed by atoms with Gasteiger partial charge in [0, 0.05) is 12.2 Å². The predicted octanol–water partition coefficient (Wildman–Crippen LogP) is 7.60. The zero-order chi connectivity index (χ0) is 20.4. The van der Waals surface area contributed by atoms with E-state index in [-0.39, 0.29) is 0 Å². The smallest absolute Gasteiger partial charge is 0.174 e. The molecule has 0 saturated heterocycles. The van der Waals surface area contributed by atoms with Crippen LogP contribution < -0.4 is 10.6 Å². The molecule has 8 heteroatoms. The molecule has 4 rings (SSSR count). The van der Waals surface area contributed by atoms with Gasteiger partial charge >= 0.3 is 0 Å². The summed E-state index contributed by atoms with van der Waals surface area (Å²) < 4.78 is 0. The largest absolute Gasteiger partial charge is 0.363 e. The topological polar surface area (TPSA) is 49.8 Å². The number of benzene rings is 3. The van der Waals surface area contributed by atoms with Gasteiger partial charge in [0.15, 0.2) is 11.6 Å². The third-order valence-electron chi connectivity index (χ3n) is 4.20.